The molecule has 1 aliphatic heterocycles. The van der Waals surface area contributed by atoms with Crippen LogP contribution < -0.4 is 0 Å². The van der Waals surface area contributed by atoms with Crippen molar-refractivity contribution in [3.63, 3.8) is 0 Å². The van der Waals surface area contributed by atoms with E-state index in [-0.39, 0.29) is 17.8 Å². The van der Waals surface area contributed by atoms with Gasteiger partial charge in [-0.15, -0.1) is 0 Å². The van der Waals surface area contributed by atoms with Gasteiger partial charge < -0.3 is 9.64 Å². The van der Waals surface area contributed by atoms with Gasteiger partial charge in [0.1, 0.15) is 0 Å². The van der Waals surface area contributed by atoms with E-state index in [1.807, 2.05) is 18.2 Å². The molecule has 0 N–H and O–H groups in total. The van der Waals surface area contributed by atoms with Gasteiger partial charge in [0.15, 0.2) is 0 Å². The molecule has 0 saturated carbocycles. The number of carbonyl (C=O) groups excluding carboxylic acids is 2. The standard InChI is InChI=1S/C14H17NO3/c1-18-14(17)12-8-5-9-15(10-12)13(16)11-6-3-2-4-7-11/h2-4,6-7,12H,5,8-10H2,1H3. The quantitative estimate of drug-likeness (QED) is 0.747. The van der Waals surface area contributed by atoms with Crippen molar-refractivity contribution >= 4 is 11.9 Å². The molecule has 1 unspecified atom stereocenters. The first-order valence-corrected chi connectivity index (χ1v) is 6.14. The number of likely N-dealkylation sites (tertiary alicyclic amines) is 1. The molecule has 0 radical (unpaired) electrons. The Hall–Kier alpha value is -1.84. The van der Waals surface area contributed by atoms with Gasteiger partial charge in [-0.1, -0.05) is 18.2 Å². The third-order valence-corrected chi connectivity index (χ3v) is 3.26. The van der Waals surface area contributed by atoms with Crippen molar-refractivity contribution in [2.75, 3.05) is 20.2 Å². The molecule has 1 heterocycles. The maximum atomic E-state index is 12.2. The van der Waals surface area contributed by atoms with Crippen molar-refractivity contribution in [3.05, 3.63) is 35.9 Å². The highest BCUT2D eigenvalue weighted by Gasteiger charge is 2.29. The molecular formula is C14H17NO3. The predicted molar refractivity (Wildman–Crippen MR) is 67.1 cm³/mol. The summed E-state index contributed by atoms with van der Waals surface area (Å²) in [6.07, 6.45) is 1.64. The SMILES string of the molecule is COC(=O)C1CCCN(C(=O)c2ccccc2)C1. The van der Waals surface area contributed by atoms with E-state index in [9.17, 15) is 9.59 Å². The molecule has 1 amide bonds. The number of esters is 1. The van der Waals surface area contributed by atoms with Crippen LogP contribution in [0.3, 0.4) is 0 Å². The Bertz CT molecular complexity index is 430. The molecule has 0 spiro atoms. The second-order valence-electron chi connectivity index (χ2n) is 4.48. The summed E-state index contributed by atoms with van der Waals surface area (Å²) in [4.78, 5) is 25.5. The van der Waals surface area contributed by atoms with E-state index in [0.717, 1.165) is 12.8 Å². The summed E-state index contributed by atoms with van der Waals surface area (Å²) in [6.45, 7) is 1.17. The molecule has 1 atom stereocenters. The molecule has 4 heteroatoms. The lowest BCUT2D eigenvalue weighted by atomic mass is 9.97. The fourth-order valence-corrected chi connectivity index (χ4v) is 2.28. The summed E-state index contributed by atoms with van der Waals surface area (Å²) in [5.74, 6) is -0.416. The number of ether oxygens (including phenoxy) is 1. The Balaban J connectivity index is 2.05. The third kappa shape index (κ3) is 2.70. The monoisotopic (exact) mass is 247 g/mol. The Kier molecular flexibility index (Phi) is 3.97. The summed E-state index contributed by atoms with van der Waals surface area (Å²) >= 11 is 0. The van der Waals surface area contributed by atoms with Gasteiger partial charge in [-0.05, 0) is 25.0 Å². The Morgan fingerprint density at radius 3 is 2.67 bits per heavy atom. The number of rotatable bonds is 2. The minimum absolute atomic E-state index is 0.01000. The van der Waals surface area contributed by atoms with Crippen LogP contribution in [0.25, 0.3) is 0 Å². The lowest BCUT2D eigenvalue weighted by molar-refractivity contribution is -0.146. The largest absolute Gasteiger partial charge is 0.469 e. The van der Waals surface area contributed by atoms with Crippen LogP contribution in [0.5, 0.6) is 0 Å². The number of nitrogens with zero attached hydrogens (tertiary/aromatic N) is 1. The van der Waals surface area contributed by atoms with Crippen LogP contribution in [0.4, 0.5) is 0 Å². The van der Waals surface area contributed by atoms with Crippen molar-refractivity contribution < 1.29 is 14.3 Å². The van der Waals surface area contributed by atoms with E-state index in [2.05, 4.69) is 0 Å². The molecule has 2 rings (SSSR count). The second kappa shape index (κ2) is 5.67. The van der Waals surface area contributed by atoms with Gasteiger partial charge in [-0.3, -0.25) is 9.59 Å². The van der Waals surface area contributed by atoms with Gasteiger partial charge in [-0.25, -0.2) is 0 Å². The van der Waals surface area contributed by atoms with E-state index >= 15 is 0 Å². The molecule has 4 nitrogen and oxygen atoms in total. The first-order chi connectivity index (χ1) is 8.72. The number of benzene rings is 1. The number of methoxy groups -OCH3 is 1. The highest BCUT2D eigenvalue weighted by Crippen LogP contribution is 2.19. The van der Waals surface area contributed by atoms with Crippen LogP contribution in [0.1, 0.15) is 23.2 Å². The average Bonchev–Trinajstić information content (AvgIpc) is 2.46. The van der Waals surface area contributed by atoms with Crippen molar-refractivity contribution in [1.82, 2.24) is 4.90 Å². The van der Waals surface area contributed by atoms with Crippen LogP contribution in [0, 0.1) is 5.92 Å². The zero-order valence-electron chi connectivity index (χ0n) is 10.5. The molecule has 1 aliphatic rings. The average molecular weight is 247 g/mol. The molecule has 1 aromatic rings. The fraction of sp³-hybridized carbons (Fsp3) is 0.429. The highest BCUT2D eigenvalue weighted by molar-refractivity contribution is 5.94. The van der Waals surface area contributed by atoms with Crippen molar-refractivity contribution in [2.24, 2.45) is 5.92 Å². The van der Waals surface area contributed by atoms with E-state index in [0.29, 0.717) is 18.7 Å². The molecule has 0 bridgehead atoms. The van der Waals surface area contributed by atoms with E-state index in [1.165, 1.54) is 7.11 Å². The molecule has 1 fully saturated rings. The maximum absolute atomic E-state index is 12.2. The summed E-state index contributed by atoms with van der Waals surface area (Å²) in [7, 11) is 1.39. The highest BCUT2D eigenvalue weighted by atomic mass is 16.5. The van der Waals surface area contributed by atoms with Gasteiger partial charge in [-0.2, -0.15) is 0 Å². The van der Waals surface area contributed by atoms with Crippen LogP contribution in [0.15, 0.2) is 30.3 Å². The van der Waals surface area contributed by atoms with Crippen LogP contribution in [-0.4, -0.2) is 37.0 Å². The van der Waals surface area contributed by atoms with E-state index in [4.69, 9.17) is 4.74 Å². The van der Waals surface area contributed by atoms with Gasteiger partial charge in [0.2, 0.25) is 0 Å². The maximum Gasteiger partial charge on any atom is 0.310 e. The van der Waals surface area contributed by atoms with Crippen LogP contribution in [0.2, 0.25) is 0 Å². The third-order valence-electron chi connectivity index (χ3n) is 3.26. The molecule has 0 aromatic heterocycles. The van der Waals surface area contributed by atoms with E-state index < -0.39 is 0 Å². The van der Waals surface area contributed by atoms with E-state index in [1.54, 1.807) is 17.0 Å². The first-order valence-electron chi connectivity index (χ1n) is 6.14. The minimum Gasteiger partial charge on any atom is -0.469 e. The fourth-order valence-electron chi connectivity index (χ4n) is 2.28. The van der Waals surface area contributed by atoms with Crippen molar-refractivity contribution in [2.45, 2.75) is 12.8 Å². The normalized spacial score (nSPS) is 19.4. The van der Waals surface area contributed by atoms with Gasteiger partial charge in [0.05, 0.1) is 13.0 Å². The second-order valence-corrected chi connectivity index (χ2v) is 4.48. The molecular weight excluding hydrogens is 230 g/mol. The molecule has 1 aromatic carbocycles. The number of hydrogen-bond acceptors (Lipinski definition) is 3. The van der Waals surface area contributed by atoms with Crippen LogP contribution >= 0.6 is 0 Å². The zero-order valence-corrected chi connectivity index (χ0v) is 10.5. The molecule has 0 aliphatic carbocycles. The van der Waals surface area contributed by atoms with Gasteiger partial charge in [0.25, 0.3) is 5.91 Å². The minimum atomic E-state index is -0.222. The summed E-state index contributed by atoms with van der Waals surface area (Å²) < 4.78 is 4.75. The molecule has 18 heavy (non-hydrogen) atoms. The lowest BCUT2D eigenvalue weighted by Gasteiger charge is -2.31. The Morgan fingerprint density at radius 1 is 1.28 bits per heavy atom. The molecule has 96 valence electrons. The predicted octanol–water partition coefficient (Wildman–Crippen LogP) is 1.71. The smallest absolute Gasteiger partial charge is 0.310 e. The number of amides is 1. The molecule has 1 saturated heterocycles. The Labute approximate surface area is 107 Å². The summed E-state index contributed by atoms with van der Waals surface area (Å²) in [6, 6.07) is 9.16. The first kappa shape index (κ1) is 12.6. The van der Waals surface area contributed by atoms with Crippen molar-refractivity contribution in [1.29, 1.82) is 0 Å². The van der Waals surface area contributed by atoms with Crippen molar-refractivity contribution in [3.8, 4) is 0 Å². The Morgan fingerprint density at radius 2 is 2.00 bits per heavy atom. The number of carbonyl (C=O) groups is 2. The van der Waals surface area contributed by atoms with Gasteiger partial charge in [0, 0.05) is 18.7 Å². The lowest BCUT2D eigenvalue weighted by Crippen LogP contribution is -2.42. The summed E-state index contributed by atoms with van der Waals surface area (Å²) in [5.41, 5.74) is 0.669. The topological polar surface area (TPSA) is 46.6 Å². The van der Waals surface area contributed by atoms with Crippen LogP contribution in [-0.2, 0) is 9.53 Å². The number of hydrogen-bond donors (Lipinski definition) is 0. The zero-order chi connectivity index (χ0) is 13.0. The van der Waals surface area contributed by atoms with Gasteiger partial charge >= 0.3 is 5.97 Å². The summed E-state index contributed by atoms with van der Waals surface area (Å²) in [5, 5.41) is 0. The number of piperidine rings is 1.